The maximum atomic E-state index is 12.9. The van der Waals surface area contributed by atoms with Crippen LogP contribution in [0.15, 0.2) is 42.9 Å². The third-order valence-electron chi connectivity index (χ3n) is 3.67. The van der Waals surface area contributed by atoms with Crippen molar-refractivity contribution in [3.8, 4) is 0 Å². The number of nitrogens with zero attached hydrogens (tertiary/aromatic N) is 2. The van der Waals surface area contributed by atoms with Gasteiger partial charge in [0.25, 0.3) is 0 Å². The fourth-order valence-corrected chi connectivity index (χ4v) is 2.49. The zero-order valence-corrected chi connectivity index (χ0v) is 13.1. The average molecular weight is 323 g/mol. The topological polar surface area (TPSA) is 37.8 Å². The molecule has 0 radical (unpaired) electrons. The second-order valence-corrected chi connectivity index (χ2v) is 5.48. The van der Waals surface area contributed by atoms with E-state index in [1.54, 1.807) is 24.7 Å². The van der Waals surface area contributed by atoms with Gasteiger partial charge in [0.05, 0.1) is 11.3 Å². The minimum Gasteiger partial charge on any atom is -0.302 e. The van der Waals surface area contributed by atoms with Crippen LogP contribution in [0.2, 0.25) is 0 Å². The Balaban J connectivity index is 2.21. The van der Waals surface area contributed by atoms with E-state index >= 15 is 0 Å². The number of benzene rings is 1. The average Bonchev–Trinajstić information content (AvgIpc) is 2.54. The van der Waals surface area contributed by atoms with Gasteiger partial charge < -0.3 is 5.32 Å². The van der Waals surface area contributed by atoms with Gasteiger partial charge in [-0.2, -0.15) is 13.2 Å². The number of aromatic nitrogens is 2. The Kier molecular flexibility index (Phi) is 5.71. The standard InChI is InChI=1S/C17H20F3N3/c1-3-5-15(23-12(2)16-11-21-8-9-22-16)13-6-4-7-14(10-13)17(18,19)20/h4,6-12,15,23H,3,5H2,1-2H3/t12-,15-/m1/s1. The summed E-state index contributed by atoms with van der Waals surface area (Å²) in [5.74, 6) is 0. The summed E-state index contributed by atoms with van der Waals surface area (Å²) in [6.45, 7) is 3.94. The van der Waals surface area contributed by atoms with Gasteiger partial charge in [0.1, 0.15) is 0 Å². The normalized spacial score (nSPS) is 14.5. The molecule has 2 rings (SSSR count). The highest BCUT2D eigenvalue weighted by Gasteiger charge is 2.31. The van der Waals surface area contributed by atoms with Crippen LogP contribution in [-0.4, -0.2) is 9.97 Å². The second-order valence-electron chi connectivity index (χ2n) is 5.48. The molecule has 6 heteroatoms. The zero-order valence-electron chi connectivity index (χ0n) is 13.1. The van der Waals surface area contributed by atoms with Gasteiger partial charge in [0.15, 0.2) is 0 Å². The molecule has 1 N–H and O–H groups in total. The molecule has 1 heterocycles. The maximum absolute atomic E-state index is 12.9. The van der Waals surface area contributed by atoms with Crippen molar-refractivity contribution in [2.75, 3.05) is 0 Å². The Morgan fingerprint density at radius 3 is 2.61 bits per heavy atom. The number of hydrogen-bond acceptors (Lipinski definition) is 3. The molecule has 0 unspecified atom stereocenters. The summed E-state index contributed by atoms with van der Waals surface area (Å²) in [7, 11) is 0. The van der Waals surface area contributed by atoms with Crippen LogP contribution >= 0.6 is 0 Å². The lowest BCUT2D eigenvalue weighted by Crippen LogP contribution is -2.25. The Morgan fingerprint density at radius 2 is 2.00 bits per heavy atom. The first kappa shape index (κ1) is 17.4. The molecule has 0 fully saturated rings. The smallest absolute Gasteiger partial charge is 0.302 e. The lowest BCUT2D eigenvalue weighted by Gasteiger charge is -2.24. The first-order valence-electron chi connectivity index (χ1n) is 7.61. The quantitative estimate of drug-likeness (QED) is 0.838. The van der Waals surface area contributed by atoms with Crippen LogP contribution < -0.4 is 5.32 Å². The summed E-state index contributed by atoms with van der Waals surface area (Å²) in [4.78, 5) is 8.26. The van der Waals surface area contributed by atoms with E-state index in [9.17, 15) is 13.2 Å². The van der Waals surface area contributed by atoms with E-state index in [0.717, 1.165) is 24.6 Å². The number of rotatable bonds is 6. The van der Waals surface area contributed by atoms with Crippen LogP contribution in [0, 0.1) is 0 Å². The summed E-state index contributed by atoms with van der Waals surface area (Å²) >= 11 is 0. The Bertz CT molecular complexity index is 614. The number of hydrogen-bond donors (Lipinski definition) is 1. The molecule has 0 aliphatic rings. The molecule has 1 aromatic carbocycles. The summed E-state index contributed by atoms with van der Waals surface area (Å²) in [6, 6.07) is 5.23. The molecule has 2 aromatic rings. The zero-order chi connectivity index (χ0) is 16.9. The van der Waals surface area contributed by atoms with E-state index in [1.807, 2.05) is 13.8 Å². The van der Waals surface area contributed by atoms with Gasteiger partial charge in [-0.15, -0.1) is 0 Å². The van der Waals surface area contributed by atoms with Crippen molar-refractivity contribution < 1.29 is 13.2 Å². The van der Waals surface area contributed by atoms with Crippen molar-refractivity contribution in [3.63, 3.8) is 0 Å². The molecule has 0 saturated carbocycles. The van der Waals surface area contributed by atoms with Crippen LogP contribution in [0.1, 0.15) is 55.6 Å². The SMILES string of the molecule is CCC[C@@H](N[C@H](C)c1cnccn1)c1cccc(C(F)(F)F)c1. The maximum Gasteiger partial charge on any atom is 0.416 e. The third-order valence-corrected chi connectivity index (χ3v) is 3.67. The molecule has 124 valence electrons. The van der Waals surface area contributed by atoms with Crippen LogP contribution in [0.5, 0.6) is 0 Å². The molecule has 23 heavy (non-hydrogen) atoms. The summed E-state index contributed by atoms with van der Waals surface area (Å²) in [5, 5.41) is 3.36. The van der Waals surface area contributed by atoms with Gasteiger partial charge in [0.2, 0.25) is 0 Å². The largest absolute Gasteiger partial charge is 0.416 e. The Morgan fingerprint density at radius 1 is 1.22 bits per heavy atom. The van der Waals surface area contributed by atoms with Crippen LogP contribution in [0.3, 0.4) is 0 Å². The minimum absolute atomic E-state index is 0.102. The fraction of sp³-hybridized carbons (Fsp3) is 0.412. The highest BCUT2D eigenvalue weighted by molar-refractivity contribution is 5.28. The summed E-state index contributed by atoms with van der Waals surface area (Å²) in [6.07, 6.45) is 2.13. The van der Waals surface area contributed by atoms with E-state index < -0.39 is 11.7 Å². The summed E-state index contributed by atoms with van der Waals surface area (Å²) in [5.41, 5.74) is 0.781. The number of nitrogens with one attached hydrogen (secondary N) is 1. The van der Waals surface area contributed by atoms with Crippen LogP contribution in [0.4, 0.5) is 13.2 Å². The molecule has 0 spiro atoms. The van der Waals surface area contributed by atoms with Gasteiger partial charge in [-0.3, -0.25) is 9.97 Å². The van der Waals surface area contributed by atoms with E-state index in [2.05, 4.69) is 15.3 Å². The highest BCUT2D eigenvalue weighted by Crippen LogP contribution is 2.32. The van der Waals surface area contributed by atoms with Crippen LogP contribution in [0.25, 0.3) is 0 Å². The molecular weight excluding hydrogens is 303 g/mol. The highest BCUT2D eigenvalue weighted by atomic mass is 19.4. The Hall–Kier alpha value is -1.95. The molecule has 2 atom stereocenters. The van der Waals surface area contributed by atoms with Gasteiger partial charge >= 0.3 is 6.18 Å². The van der Waals surface area contributed by atoms with Gasteiger partial charge in [-0.05, 0) is 31.0 Å². The molecule has 0 aliphatic heterocycles. The monoisotopic (exact) mass is 323 g/mol. The molecule has 0 amide bonds. The second kappa shape index (κ2) is 7.55. The van der Waals surface area contributed by atoms with E-state index in [1.165, 1.54) is 12.1 Å². The third kappa shape index (κ3) is 4.76. The van der Waals surface area contributed by atoms with Crippen molar-refractivity contribution in [1.29, 1.82) is 0 Å². The van der Waals surface area contributed by atoms with Gasteiger partial charge in [0, 0.05) is 30.7 Å². The lowest BCUT2D eigenvalue weighted by molar-refractivity contribution is -0.137. The molecule has 0 bridgehead atoms. The van der Waals surface area contributed by atoms with Gasteiger partial charge in [-0.25, -0.2) is 0 Å². The van der Waals surface area contributed by atoms with Gasteiger partial charge in [-0.1, -0.05) is 25.5 Å². The van der Waals surface area contributed by atoms with E-state index in [0.29, 0.717) is 5.56 Å². The molecule has 3 nitrogen and oxygen atoms in total. The fourth-order valence-electron chi connectivity index (χ4n) is 2.49. The number of halogens is 3. The van der Waals surface area contributed by atoms with Crippen molar-refractivity contribution in [2.24, 2.45) is 0 Å². The van der Waals surface area contributed by atoms with Crippen molar-refractivity contribution in [1.82, 2.24) is 15.3 Å². The van der Waals surface area contributed by atoms with Crippen molar-refractivity contribution in [2.45, 2.75) is 44.9 Å². The lowest BCUT2D eigenvalue weighted by atomic mass is 9.99. The Labute approximate surface area is 134 Å². The first-order chi connectivity index (χ1) is 10.9. The minimum atomic E-state index is -4.33. The van der Waals surface area contributed by atoms with E-state index in [4.69, 9.17) is 0 Å². The predicted octanol–water partition coefficient (Wildman–Crippen LogP) is 4.69. The van der Waals surface area contributed by atoms with Crippen molar-refractivity contribution >= 4 is 0 Å². The predicted molar refractivity (Wildman–Crippen MR) is 82.7 cm³/mol. The van der Waals surface area contributed by atoms with E-state index in [-0.39, 0.29) is 12.1 Å². The summed E-state index contributed by atoms with van der Waals surface area (Å²) < 4.78 is 38.7. The van der Waals surface area contributed by atoms with Crippen molar-refractivity contribution in [3.05, 3.63) is 59.7 Å². The molecule has 1 aromatic heterocycles. The first-order valence-corrected chi connectivity index (χ1v) is 7.61. The van der Waals surface area contributed by atoms with Crippen LogP contribution in [-0.2, 0) is 6.18 Å². The molecule has 0 saturated heterocycles. The molecule has 0 aliphatic carbocycles. The molecular formula is C17H20F3N3. The number of alkyl halides is 3.